The minimum atomic E-state index is -0.165. The number of hydrogen-bond acceptors (Lipinski definition) is 3. The highest BCUT2D eigenvalue weighted by Gasteiger charge is 2.08. The second kappa shape index (κ2) is 9.01. The van der Waals surface area contributed by atoms with Gasteiger partial charge < -0.3 is 14.3 Å². The second-order valence-electron chi connectivity index (χ2n) is 3.37. The average Bonchev–Trinajstić information content (AvgIpc) is 2.28. The summed E-state index contributed by atoms with van der Waals surface area (Å²) >= 11 is 0. The van der Waals surface area contributed by atoms with Crippen molar-refractivity contribution in [1.82, 2.24) is 0 Å². The van der Waals surface area contributed by atoms with Crippen molar-refractivity contribution in [3.8, 4) is 0 Å². The van der Waals surface area contributed by atoms with Crippen molar-refractivity contribution in [1.29, 1.82) is 0 Å². The van der Waals surface area contributed by atoms with Gasteiger partial charge in [-0.1, -0.05) is 13.8 Å². The number of aldehydes is 1. The molecule has 0 rings (SSSR count). The quantitative estimate of drug-likeness (QED) is 0.362. The van der Waals surface area contributed by atoms with E-state index in [0.717, 1.165) is 18.5 Å². The summed E-state index contributed by atoms with van der Waals surface area (Å²) in [5.41, 5.74) is 0. The molecule has 0 aliphatic rings. The largest absolute Gasteiger partial charge is 0.490 e. The molecule has 0 N–H and O–H groups in total. The van der Waals surface area contributed by atoms with E-state index in [0.29, 0.717) is 19.0 Å². The predicted molar refractivity (Wildman–Crippen MR) is 64.9 cm³/mol. The van der Waals surface area contributed by atoms with Crippen molar-refractivity contribution < 1.29 is 14.3 Å². The molecule has 0 aliphatic carbocycles. The molecule has 0 spiro atoms. The van der Waals surface area contributed by atoms with Crippen LogP contribution in [0.4, 0.5) is 0 Å². The maximum Gasteiger partial charge on any atom is 0.157 e. The molecule has 0 radical (unpaired) electrons. The van der Waals surface area contributed by atoms with Crippen LogP contribution in [0.2, 0.25) is 0 Å². The summed E-state index contributed by atoms with van der Waals surface area (Å²) in [5, 5.41) is 0. The number of ether oxygens (including phenoxy) is 2. The summed E-state index contributed by atoms with van der Waals surface area (Å²) in [4.78, 5) is 10.6. The van der Waals surface area contributed by atoms with Crippen LogP contribution in [0, 0.1) is 5.92 Å². The van der Waals surface area contributed by atoms with Crippen molar-refractivity contribution >= 4 is 6.29 Å². The number of carbonyl (C=O) groups is 1. The van der Waals surface area contributed by atoms with E-state index in [1.807, 2.05) is 33.8 Å². The lowest BCUT2D eigenvalue weighted by Gasteiger charge is -2.14. The molecule has 16 heavy (non-hydrogen) atoms. The summed E-state index contributed by atoms with van der Waals surface area (Å²) in [6.45, 7) is 8.84. The van der Waals surface area contributed by atoms with Crippen molar-refractivity contribution in [2.24, 2.45) is 5.92 Å². The van der Waals surface area contributed by atoms with Crippen LogP contribution in [0.3, 0.4) is 0 Å². The van der Waals surface area contributed by atoms with Crippen LogP contribution in [0.25, 0.3) is 0 Å². The minimum Gasteiger partial charge on any atom is -0.490 e. The molecule has 3 heteroatoms. The van der Waals surface area contributed by atoms with Gasteiger partial charge in [-0.25, -0.2) is 0 Å². The zero-order valence-corrected chi connectivity index (χ0v) is 10.7. The zero-order chi connectivity index (χ0) is 12.4. The van der Waals surface area contributed by atoms with Gasteiger partial charge >= 0.3 is 0 Å². The number of hydrogen-bond donors (Lipinski definition) is 0. The lowest BCUT2D eigenvalue weighted by atomic mass is 10.1. The van der Waals surface area contributed by atoms with Crippen molar-refractivity contribution in [2.75, 3.05) is 13.2 Å². The molecule has 0 aliphatic heterocycles. The Morgan fingerprint density at radius 1 is 1.12 bits per heavy atom. The van der Waals surface area contributed by atoms with Gasteiger partial charge in [-0.15, -0.1) is 0 Å². The number of carbonyl (C=O) groups excluding carboxylic acids is 1. The van der Waals surface area contributed by atoms with Crippen LogP contribution in [-0.4, -0.2) is 19.5 Å². The molecular weight excluding hydrogens is 204 g/mol. The Morgan fingerprint density at radius 3 is 2.12 bits per heavy atom. The fraction of sp³-hybridized carbons (Fsp3) is 0.615. The molecule has 92 valence electrons. The van der Waals surface area contributed by atoms with Crippen LogP contribution in [0.5, 0.6) is 0 Å². The van der Waals surface area contributed by atoms with Gasteiger partial charge in [0.05, 0.1) is 13.2 Å². The average molecular weight is 226 g/mol. The number of allylic oxidation sites excluding steroid dienone is 2. The number of rotatable bonds is 8. The molecular formula is C13H22O3. The molecule has 0 fully saturated rings. The Morgan fingerprint density at radius 2 is 1.69 bits per heavy atom. The SMILES string of the molecule is CC/C=C(OCC)\C(=C/C(C)C=O)OCC. The Balaban J connectivity index is 4.89. The van der Waals surface area contributed by atoms with E-state index in [1.54, 1.807) is 6.08 Å². The molecule has 0 saturated heterocycles. The third kappa shape index (κ3) is 5.59. The van der Waals surface area contributed by atoms with Crippen molar-refractivity contribution in [3.63, 3.8) is 0 Å². The normalized spacial score (nSPS) is 14.5. The van der Waals surface area contributed by atoms with Gasteiger partial charge in [-0.05, 0) is 32.4 Å². The molecule has 3 nitrogen and oxygen atoms in total. The highest BCUT2D eigenvalue weighted by molar-refractivity contribution is 5.56. The van der Waals surface area contributed by atoms with E-state index in [2.05, 4.69) is 0 Å². The molecule has 1 atom stereocenters. The summed E-state index contributed by atoms with van der Waals surface area (Å²) < 4.78 is 11.0. The van der Waals surface area contributed by atoms with Gasteiger partial charge in [0, 0.05) is 5.92 Å². The first-order chi connectivity index (χ1) is 7.69. The summed E-state index contributed by atoms with van der Waals surface area (Å²) in [6.07, 6.45) is 5.50. The predicted octanol–water partition coefficient (Wildman–Crippen LogP) is 3.07. The smallest absolute Gasteiger partial charge is 0.157 e. The third-order valence-electron chi connectivity index (χ3n) is 1.86. The Kier molecular flexibility index (Phi) is 8.31. The van der Waals surface area contributed by atoms with E-state index < -0.39 is 0 Å². The molecule has 0 aromatic heterocycles. The van der Waals surface area contributed by atoms with Gasteiger partial charge in [0.2, 0.25) is 0 Å². The minimum absolute atomic E-state index is 0.165. The first-order valence-corrected chi connectivity index (χ1v) is 5.82. The molecule has 0 amide bonds. The van der Waals surface area contributed by atoms with Gasteiger partial charge in [-0.3, -0.25) is 0 Å². The van der Waals surface area contributed by atoms with Crippen LogP contribution in [0.1, 0.15) is 34.1 Å². The first kappa shape index (κ1) is 14.8. The lowest BCUT2D eigenvalue weighted by Crippen LogP contribution is -2.04. The summed E-state index contributed by atoms with van der Waals surface area (Å²) in [5.74, 6) is 1.22. The zero-order valence-electron chi connectivity index (χ0n) is 10.7. The highest BCUT2D eigenvalue weighted by Crippen LogP contribution is 2.16. The van der Waals surface area contributed by atoms with Gasteiger partial charge in [0.25, 0.3) is 0 Å². The maximum absolute atomic E-state index is 10.6. The van der Waals surface area contributed by atoms with Crippen LogP contribution in [-0.2, 0) is 14.3 Å². The second-order valence-corrected chi connectivity index (χ2v) is 3.37. The fourth-order valence-corrected chi connectivity index (χ4v) is 1.21. The van der Waals surface area contributed by atoms with E-state index >= 15 is 0 Å². The fourth-order valence-electron chi connectivity index (χ4n) is 1.21. The van der Waals surface area contributed by atoms with Gasteiger partial charge in [0.1, 0.15) is 6.29 Å². The lowest BCUT2D eigenvalue weighted by molar-refractivity contribution is -0.109. The van der Waals surface area contributed by atoms with Gasteiger partial charge in [-0.2, -0.15) is 0 Å². The molecule has 0 aromatic rings. The summed E-state index contributed by atoms with van der Waals surface area (Å²) in [7, 11) is 0. The molecule has 0 saturated carbocycles. The van der Waals surface area contributed by atoms with E-state index in [4.69, 9.17) is 9.47 Å². The molecule has 0 bridgehead atoms. The first-order valence-electron chi connectivity index (χ1n) is 5.82. The van der Waals surface area contributed by atoms with Gasteiger partial charge in [0.15, 0.2) is 11.5 Å². The molecule has 0 heterocycles. The standard InChI is InChI=1S/C13H22O3/c1-5-8-12(15-6-2)13(16-7-3)9-11(4)10-14/h8-11H,5-7H2,1-4H3/b12-8+,13-9+. The Hall–Kier alpha value is -1.25. The third-order valence-corrected chi connectivity index (χ3v) is 1.86. The Labute approximate surface area is 98.1 Å². The molecule has 1 unspecified atom stereocenters. The topological polar surface area (TPSA) is 35.5 Å². The van der Waals surface area contributed by atoms with E-state index in [-0.39, 0.29) is 5.92 Å². The monoisotopic (exact) mass is 226 g/mol. The van der Waals surface area contributed by atoms with Crippen molar-refractivity contribution in [3.05, 3.63) is 23.7 Å². The van der Waals surface area contributed by atoms with Crippen molar-refractivity contribution in [2.45, 2.75) is 34.1 Å². The summed E-state index contributed by atoms with van der Waals surface area (Å²) in [6, 6.07) is 0. The highest BCUT2D eigenvalue weighted by atomic mass is 16.5. The van der Waals surface area contributed by atoms with E-state index in [9.17, 15) is 4.79 Å². The van der Waals surface area contributed by atoms with Crippen LogP contribution < -0.4 is 0 Å². The molecule has 0 aromatic carbocycles. The Bertz CT molecular complexity index is 254. The maximum atomic E-state index is 10.6. The van der Waals surface area contributed by atoms with Crippen LogP contribution >= 0.6 is 0 Å². The van der Waals surface area contributed by atoms with Crippen LogP contribution in [0.15, 0.2) is 23.7 Å². The van der Waals surface area contributed by atoms with E-state index in [1.165, 1.54) is 0 Å².